The van der Waals surface area contributed by atoms with Crippen LogP contribution >= 0.6 is 0 Å². The number of fused-ring (bicyclic) bond motifs is 1. The van der Waals surface area contributed by atoms with Crippen LogP contribution in [-0.2, 0) is 10.2 Å². The third-order valence-electron chi connectivity index (χ3n) is 5.70. The van der Waals surface area contributed by atoms with E-state index in [9.17, 15) is 22.0 Å². The lowest BCUT2D eigenvalue weighted by atomic mass is 10.0. The summed E-state index contributed by atoms with van der Waals surface area (Å²) in [5, 5.41) is 13.0. The molecule has 0 saturated carbocycles. The number of likely N-dealkylation sites (N-methyl/N-ethyl adjacent to an activating group) is 1. The standard InChI is InChI=1S/C21H23F2N5O4S/c1-26(9-10-29)33(31,32)25-21(30)17-13-24-28-8-6-15(12-20(17)28)27-7-2-3-19(27)16-11-14(22)4-5-18(16)23/h4-6,8,11-13,19,29H,2-3,7,9-10H2,1H3,(H,25,30). The maximum atomic E-state index is 14.4. The van der Waals surface area contributed by atoms with E-state index in [1.165, 1.54) is 23.8 Å². The van der Waals surface area contributed by atoms with E-state index >= 15 is 0 Å². The number of hydrogen-bond donors (Lipinski definition) is 2. The van der Waals surface area contributed by atoms with Crippen molar-refractivity contribution < 1.29 is 27.1 Å². The summed E-state index contributed by atoms with van der Waals surface area (Å²) in [6.45, 7) is 0.0376. The number of carbonyl (C=O) groups is 1. The van der Waals surface area contributed by atoms with Gasteiger partial charge in [-0.05, 0) is 43.2 Å². The molecule has 0 aliphatic carbocycles. The molecule has 1 amide bonds. The van der Waals surface area contributed by atoms with Gasteiger partial charge in [-0.2, -0.15) is 17.8 Å². The largest absolute Gasteiger partial charge is 0.395 e. The summed E-state index contributed by atoms with van der Waals surface area (Å²) in [6.07, 6.45) is 4.27. The van der Waals surface area contributed by atoms with Gasteiger partial charge in [0.2, 0.25) is 0 Å². The first-order valence-corrected chi connectivity index (χ1v) is 11.7. The molecule has 0 spiro atoms. The maximum absolute atomic E-state index is 14.4. The molecule has 1 unspecified atom stereocenters. The van der Waals surface area contributed by atoms with Gasteiger partial charge in [-0.1, -0.05) is 0 Å². The first-order chi connectivity index (χ1) is 15.7. The molecule has 1 aliphatic rings. The van der Waals surface area contributed by atoms with E-state index in [-0.39, 0.29) is 23.7 Å². The minimum atomic E-state index is -4.15. The molecule has 1 aliphatic heterocycles. The van der Waals surface area contributed by atoms with Gasteiger partial charge in [0.1, 0.15) is 11.6 Å². The van der Waals surface area contributed by atoms with Gasteiger partial charge in [0.25, 0.3) is 5.91 Å². The van der Waals surface area contributed by atoms with E-state index in [0.29, 0.717) is 24.2 Å². The molecule has 1 fully saturated rings. The van der Waals surface area contributed by atoms with Crippen molar-refractivity contribution in [3.05, 3.63) is 65.5 Å². The number of benzene rings is 1. The molecule has 2 aromatic heterocycles. The molecule has 4 rings (SSSR count). The van der Waals surface area contributed by atoms with E-state index in [1.54, 1.807) is 18.3 Å². The number of rotatable bonds is 7. The highest BCUT2D eigenvalue weighted by Crippen LogP contribution is 2.38. The summed E-state index contributed by atoms with van der Waals surface area (Å²) in [4.78, 5) is 14.6. The SMILES string of the molecule is CN(CCO)S(=O)(=O)NC(=O)c1cnn2ccc(N3CCCC3c3cc(F)ccc3F)cc12. The normalized spacial score (nSPS) is 16.6. The summed E-state index contributed by atoms with van der Waals surface area (Å²) in [5.74, 6) is -1.88. The van der Waals surface area contributed by atoms with E-state index in [4.69, 9.17) is 5.11 Å². The maximum Gasteiger partial charge on any atom is 0.303 e. The highest BCUT2D eigenvalue weighted by Gasteiger charge is 2.30. The third kappa shape index (κ3) is 4.54. The predicted octanol–water partition coefficient (Wildman–Crippen LogP) is 1.85. The first-order valence-electron chi connectivity index (χ1n) is 10.3. The van der Waals surface area contributed by atoms with Crippen molar-refractivity contribution >= 4 is 27.3 Å². The number of halogens is 2. The Hall–Kier alpha value is -3.09. The third-order valence-corrected chi connectivity index (χ3v) is 7.14. The smallest absolute Gasteiger partial charge is 0.303 e. The van der Waals surface area contributed by atoms with Crippen molar-refractivity contribution in [3.8, 4) is 0 Å². The lowest BCUT2D eigenvalue weighted by Crippen LogP contribution is -2.42. The van der Waals surface area contributed by atoms with Gasteiger partial charge in [0.15, 0.2) is 0 Å². The molecule has 1 saturated heterocycles. The van der Waals surface area contributed by atoms with Gasteiger partial charge >= 0.3 is 10.2 Å². The van der Waals surface area contributed by atoms with Crippen LogP contribution in [0.25, 0.3) is 5.52 Å². The Labute approximate surface area is 189 Å². The molecule has 1 aromatic carbocycles. The van der Waals surface area contributed by atoms with Gasteiger partial charge in [0, 0.05) is 37.6 Å². The quantitative estimate of drug-likeness (QED) is 0.536. The fraction of sp³-hybridized carbons (Fsp3) is 0.333. The first kappa shape index (κ1) is 23.1. The van der Waals surface area contributed by atoms with Crippen LogP contribution in [0, 0.1) is 11.6 Å². The number of aromatic nitrogens is 2. The number of nitrogens with zero attached hydrogens (tertiary/aromatic N) is 4. The van der Waals surface area contributed by atoms with Crippen LogP contribution in [0.2, 0.25) is 0 Å². The average molecular weight is 480 g/mol. The Balaban J connectivity index is 1.65. The molecular weight excluding hydrogens is 456 g/mol. The molecule has 3 heterocycles. The van der Waals surface area contributed by atoms with Crippen molar-refractivity contribution in [3.63, 3.8) is 0 Å². The number of anilines is 1. The van der Waals surface area contributed by atoms with Crippen molar-refractivity contribution in [2.75, 3.05) is 31.6 Å². The molecule has 1 atom stereocenters. The second kappa shape index (κ2) is 9.04. The van der Waals surface area contributed by atoms with Gasteiger partial charge < -0.3 is 10.0 Å². The lowest BCUT2D eigenvalue weighted by Gasteiger charge is -2.27. The summed E-state index contributed by atoms with van der Waals surface area (Å²) in [7, 11) is -2.91. The van der Waals surface area contributed by atoms with Crippen molar-refractivity contribution in [2.45, 2.75) is 18.9 Å². The minimum Gasteiger partial charge on any atom is -0.395 e. The minimum absolute atomic E-state index is 0.0329. The zero-order valence-electron chi connectivity index (χ0n) is 17.8. The van der Waals surface area contributed by atoms with Gasteiger partial charge in [-0.3, -0.25) is 4.79 Å². The van der Waals surface area contributed by atoms with Crippen LogP contribution in [0.15, 0.2) is 42.7 Å². The van der Waals surface area contributed by atoms with Crippen molar-refractivity contribution in [1.82, 2.24) is 18.6 Å². The molecule has 33 heavy (non-hydrogen) atoms. The molecule has 12 heteroatoms. The number of amides is 1. The van der Waals surface area contributed by atoms with E-state index in [2.05, 4.69) is 5.10 Å². The fourth-order valence-electron chi connectivity index (χ4n) is 4.00. The van der Waals surface area contributed by atoms with Crippen LogP contribution in [-0.4, -0.2) is 60.1 Å². The van der Waals surface area contributed by atoms with Crippen LogP contribution in [0.3, 0.4) is 0 Å². The number of aliphatic hydroxyl groups excluding tert-OH is 1. The Morgan fingerprint density at radius 2 is 2.09 bits per heavy atom. The van der Waals surface area contributed by atoms with Gasteiger partial charge in [-0.25, -0.2) is 18.0 Å². The highest BCUT2D eigenvalue weighted by atomic mass is 32.2. The topological polar surface area (TPSA) is 107 Å². The van der Waals surface area contributed by atoms with E-state index < -0.39 is 34.4 Å². The summed E-state index contributed by atoms with van der Waals surface area (Å²) < 4.78 is 57.0. The zero-order chi connectivity index (χ0) is 23.8. The zero-order valence-corrected chi connectivity index (χ0v) is 18.6. The van der Waals surface area contributed by atoms with Crippen molar-refractivity contribution in [2.24, 2.45) is 0 Å². The molecular formula is C21H23F2N5O4S. The molecule has 2 N–H and O–H groups in total. The van der Waals surface area contributed by atoms with Crippen LogP contribution in [0.4, 0.5) is 14.5 Å². The monoisotopic (exact) mass is 479 g/mol. The number of hydrogen-bond acceptors (Lipinski definition) is 6. The van der Waals surface area contributed by atoms with E-state index in [1.807, 2.05) is 9.62 Å². The highest BCUT2D eigenvalue weighted by molar-refractivity contribution is 7.87. The van der Waals surface area contributed by atoms with Gasteiger partial charge in [0.05, 0.1) is 29.9 Å². The summed E-state index contributed by atoms with van der Waals surface area (Å²) in [5.41, 5.74) is 1.32. The number of pyridine rings is 1. The number of aliphatic hydroxyl groups is 1. The number of nitrogens with one attached hydrogen (secondary N) is 1. The van der Waals surface area contributed by atoms with Crippen molar-refractivity contribution in [1.29, 1.82) is 0 Å². The molecule has 9 nitrogen and oxygen atoms in total. The second-order valence-electron chi connectivity index (χ2n) is 7.77. The molecule has 3 aromatic rings. The molecule has 0 radical (unpaired) electrons. The molecule has 176 valence electrons. The predicted molar refractivity (Wildman–Crippen MR) is 117 cm³/mol. The van der Waals surface area contributed by atoms with E-state index in [0.717, 1.165) is 22.9 Å². The molecule has 0 bridgehead atoms. The van der Waals surface area contributed by atoms with Crippen LogP contribution in [0.5, 0.6) is 0 Å². The van der Waals surface area contributed by atoms with Crippen LogP contribution in [0.1, 0.15) is 34.8 Å². The van der Waals surface area contributed by atoms with Gasteiger partial charge in [-0.15, -0.1) is 0 Å². The average Bonchev–Trinajstić information content (AvgIpc) is 3.42. The second-order valence-corrected chi connectivity index (χ2v) is 9.55. The summed E-state index contributed by atoms with van der Waals surface area (Å²) in [6, 6.07) is 6.42. The fourth-order valence-corrected chi connectivity index (χ4v) is 4.83. The Kier molecular flexibility index (Phi) is 6.32. The Bertz CT molecular complexity index is 1300. The Morgan fingerprint density at radius 3 is 2.85 bits per heavy atom. The van der Waals surface area contributed by atoms with Crippen LogP contribution < -0.4 is 9.62 Å². The summed E-state index contributed by atoms with van der Waals surface area (Å²) >= 11 is 0. The number of carbonyl (C=O) groups excluding carboxylic acids is 1. The Morgan fingerprint density at radius 1 is 1.30 bits per heavy atom. The lowest BCUT2D eigenvalue weighted by molar-refractivity contribution is 0.0980.